The van der Waals surface area contributed by atoms with Crippen LogP contribution in [0.4, 0.5) is 5.69 Å². The Labute approximate surface area is 97.2 Å². The molecule has 84 valence electrons. The van der Waals surface area contributed by atoms with Gasteiger partial charge in [0.25, 0.3) is 5.69 Å². The van der Waals surface area contributed by atoms with Crippen molar-refractivity contribution < 1.29 is 14.5 Å². The molecule has 5 nitrogen and oxygen atoms in total. The number of nitrogens with zero attached hydrogens (tertiary/aromatic N) is 1. The predicted molar refractivity (Wildman–Crippen MR) is 61.2 cm³/mol. The van der Waals surface area contributed by atoms with Crippen molar-refractivity contribution in [2.45, 2.75) is 13.3 Å². The summed E-state index contributed by atoms with van der Waals surface area (Å²) in [4.78, 5) is 20.8. The highest BCUT2D eigenvalue weighted by molar-refractivity contribution is 7.80. The van der Waals surface area contributed by atoms with Crippen LogP contribution in [0.5, 0.6) is 0 Å². The Hall–Kier alpha value is -1.82. The van der Waals surface area contributed by atoms with Gasteiger partial charge in [0.15, 0.2) is 5.05 Å². The minimum absolute atomic E-state index is 0.0294. The Kier molecular flexibility index (Phi) is 4.07. The fourth-order valence-electron chi connectivity index (χ4n) is 1.19. The lowest BCUT2D eigenvalue weighted by Crippen LogP contribution is -2.10. The van der Waals surface area contributed by atoms with E-state index in [0.29, 0.717) is 5.56 Å². The minimum Gasteiger partial charge on any atom is -0.419 e. The van der Waals surface area contributed by atoms with Crippen molar-refractivity contribution in [1.82, 2.24) is 0 Å². The van der Waals surface area contributed by atoms with Crippen LogP contribution in [0, 0.1) is 10.1 Å². The summed E-state index contributed by atoms with van der Waals surface area (Å²) in [7, 11) is 0. The number of nitro benzene ring substituents is 1. The molecule has 0 heterocycles. The van der Waals surface area contributed by atoms with E-state index in [1.54, 1.807) is 18.2 Å². The molecule has 1 aromatic rings. The maximum atomic E-state index is 10.7. The molecule has 0 bridgehead atoms. The molecule has 16 heavy (non-hydrogen) atoms. The van der Waals surface area contributed by atoms with Crippen LogP contribution in [0.2, 0.25) is 0 Å². The van der Waals surface area contributed by atoms with Crippen LogP contribution in [0.1, 0.15) is 12.5 Å². The van der Waals surface area contributed by atoms with Gasteiger partial charge in [-0.15, -0.1) is 0 Å². The Morgan fingerprint density at radius 2 is 2.12 bits per heavy atom. The first-order valence-corrected chi connectivity index (χ1v) is 4.85. The molecule has 0 atom stereocenters. The van der Waals surface area contributed by atoms with Crippen LogP contribution < -0.4 is 0 Å². The zero-order chi connectivity index (χ0) is 12.1. The van der Waals surface area contributed by atoms with E-state index in [1.165, 1.54) is 13.0 Å². The summed E-state index contributed by atoms with van der Waals surface area (Å²) in [5.41, 5.74) is 0.399. The summed E-state index contributed by atoms with van der Waals surface area (Å²) < 4.78 is 4.66. The average Bonchev–Trinajstić information content (AvgIpc) is 2.16. The summed E-state index contributed by atoms with van der Waals surface area (Å²) in [6, 6.07) is 6.19. The summed E-state index contributed by atoms with van der Waals surface area (Å²) in [6.07, 6.45) is 0.0755. The lowest BCUT2D eigenvalue weighted by atomic mass is 10.1. The molecule has 1 rings (SSSR count). The minimum atomic E-state index is -0.524. The number of benzene rings is 1. The predicted octanol–water partition coefficient (Wildman–Crippen LogP) is 2.03. The summed E-state index contributed by atoms with van der Waals surface area (Å²) >= 11 is 4.79. The first-order chi connectivity index (χ1) is 7.50. The van der Waals surface area contributed by atoms with E-state index in [4.69, 9.17) is 12.2 Å². The van der Waals surface area contributed by atoms with Crippen molar-refractivity contribution >= 4 is 28.9 Å². The van der Waals surface area contributed by atoms with E-state index in [0.717, 1.165) is 0 Å². The number of para-hydroxylation sites is 1. The summed E-state index contributed by atoms with van der Waals surface area (Å²) in [6.45, 7) is 1.23. The molecule has 6 heteroatoms. The van der Waals surface area contributed by atoms with E-state index in [-0.39, 0.29) is 17.2 Å². The Bertz CT molecular complexity index is 444. The van der Waals surface area contributed by atoms with Crippen molar-refractivity contribution in [1.29, 1.82) is 0 Å². The zero-order valence-electron chi connectivity index (χ0n) is 8.50. The van der Waals surface area contributed by atoms with Gasteiger partial charge in [0.1, 0.15) is 0 Å². The molecule has 0 aliphatic rings. The van der Waals surface area contributed by atoms with Gasteiger partial charge >= 0.3 is 5.97 Å². The van der Waals surface area contributed by atoms with Crippen molar-refractivity contribution in [2.75, 3.05) is 0 Å². The highest BCUT2D eigenvalue weighted by atomic mass is 32.1. The number of nitro groups is 1. The van der Waals surface area contributed by atoms with Crippen LogP contribution >= 0.6 is 12.2 Å². The SMILES string of the molecule is CC(=O)OC(=S)Cc1ccccc1[N+](=O)[O-]. The zero-order valence-corrected chi connectivity index (χ0v) is 9.32. The van der Waals surface area contributed by atoms with E-state index >= 15 is 0 Å². The molecule has 1 aromatic carbocycles. The average molecular weight is 239 g/mol. The number of hydrogen-bond donors (Lipinski definition) is 0. The molecule has 0 radical (unpaired) electrons. The second-order valence-corrected chi connectivity index (χ2v) is 3.48. The van der Waals surface area contributed by atoms with Gasteiger partial charge in [-0.3, -0.25) is 14.9 Å². The standard InChI is InChI=1S/C10H9NO4S/c1-7(12)15-10(16)6-8-4-2-3-5-9(8)11(13)14/h2-5H,6H2,1H3. The molecule has 0 unspecified atom stereocenters. The van der Waals surface area contributed by atoms with E-state index in [9.17, 15) is 14.9 Å². The van der Waals surface area contributed by atoms with Crippen LogP contribution in [0.3, 0.4) is 0 Å². The maximum absolute atomic E-state index is 10.7. The molecule has 0 spiro atoms. The third-order valence-electron chi connectivity index (χ3n) is 1.78. The fourth-order valence-corrected chi connectivity index (χ4v) is 1.46. The Balaban J connectivity index is 2.84. The topological polar surface area (TPSA) is 69.4 Å². The van der Waals surface area contributed by atoms with Crippen LogP contribution in [0.15, 0.2) is 24.3 Å². The molecule has 0 fully saturated rings. The molecule has 0 aliphatic heterocycles. The normalized spacial score (nSPS) is 9.56. The van der Waals surface area contributed by atoms with E-state index < -0.39 is 10.9 Å². The number of hydrogen-bond acceptors (Lipinski definition) is 5. The second-order valence-electron chi connectivity index (χ2n) is 3.03. The molecule has 0 amide bonds. The second kappa shape index (κ2) is 5.32. The van der Waals surface area contributed by atoms with Gasteiger partial charge in [0.2, 0.25) is 0 Å². The Morgan fingerprint density at radius 3 is 2.69 bits per heavy atom. The highest BCUT2D eigenvalue weighted by Crippen LogP contribution is 2.18. The molecule has 0 saturated carbocycles. The van der Waals surface area contributed by atoms with Gasteiger partial charge in [-0.05, 0) is 12.2 Å². The highest BCUT2D eigenvalue weighted by Gasteiger charge is 2.14. The number of carbonyl (C=O) groups excluding carboxylic acids is 1. The van der Waals surface area contributed by atoms with Crippen molar-refractivity contribution in [3.05, 3.63) is 39.9 Å². The summed E-state index contributed by atoms with van der Waals surface area (Å²) in [5.74, 6) is -0.524. The van der Waals surface area contributed by atoms with E-state index in [1.807, 2.05) is 0 Å². The molecule has 0 N–H and O–H groups in total. The molecule has 0 aromatic heterocycles. The third kappa shape index (κ3) is 3.39. The number of ether oxygens (including phenoxy) is 1. The van der Waals surface area contributed by atoms with Gasteiger partial charge in [0.05, 0.1) is 4.92 Å². The lowest BCUT2D eigenvalue weighted by Gasteiger charge is -2.03. The smallest absolute Gasteiger partial charge is 0.308 e. The van der Waals surface area contributed by atoms with Gasteiger partial charge in [-0.1, -0.05) is 18.2 Å². The fraction of sp³-hybridized carbons (Fsp3) is 0.200. The number of thiocarbonyl (C=S) groups is 1. The monoisotopic (exact) mass is 239 g/mol. The van der Waals surface area contributed by atoms with Crippen molar-refractivity contribution in [2.24, 2.45) is 0 Å². The van der Waals surface area contributed by atoms with Gasteiger partial charge in [-0.2, -0.15) is 0 Å². The number of rotatable bonds is 3. The number of carbonyl (C=O) groups is 1. The number of esters is 1. The quantitative estimate of drug-likeness (QED) is 0.349. The van der Waals surface area contributed by atoms with Crippen LogP contribution in [-0.4, -0.2) is 15.9 Å². The molecular formula is C10H9NO4S. The van der Waals surface area contributed by atoms with Gasteiger partial charge < -0.3 is 4.74 Å². The Morgan fingerprint density at radius 1 is 1.50 bits per heavy atom. The lowest BCUT2D eigenvalue weighted by molar-refractivity contribution is -0.385. The van der Waals surface area contributed by atoms with Crippen LogP contribution in [-0.2, 0) is 16.0 Å². The molecule has 0 aliphatic carbocycles. The van der Waals surface area contributed by atoms with Crippen LogP contribution in [0.25, 0.3) is 0 Å². The largest absolute Gasteiger partial charge is 0.419 e. The van der Waals surface area contributed by atoms with Gasteiger partial charge in [-0.25, -0.2) is 0 Å². The van der Waals surface area contributed by atoms with Gasteiger partial charge in [0, 0.05) is 25.0 Å². The first-order valence-electron chi connectivity index (χ1n) is 4.44. The third-order valence-corrected chi connectivity index (χ3v) is 2.01. The van der Waals surface area contributed by atoms with E-state index in [2.05, 4.69) is 4.74 Å². The summed E-state index contributed by atoms with van der Waals surface area (Å²) in [5, 5.41) is 10.7. The van der Waals surface area contributed by atoms with Crippen molar-refractivity contribution in [3.63, 3.8) is 0 Å². The maximum Gasteiger partial charge on any atom is 0.308 e. The van der Waals surface area contributed by atoms with Crippen molar-refractivity contribution in [3.8, 4) is 0 Å². The molecular weight excluding hydrogens is 230 g/mol. The first kappa shape index (κ1) is 12.3. The molecule has 0 saturated heterocycles.